The molecule has 1 atom stereocenters. The number of carboxylic acids is 1. The van der Waals surface area contributed by atoms with Crippen LogP contribution in [0.1, 0.15) is 44.1 Å². The Morgan fingerprint density at radius 3 is 2.33 bits per heavy atom. The van der Waals surface area contributed by atoms with Gasteiger partial charge in [-0.05, 0) is 37.7 Å². The van der Waals surface area contributed by atoms with E-state index in [1.54, 1.807) is 0 Å². The molecule has 0 aliphatic heterocycles. The summed E-state index contributed by atoms with van der Waals surface area (Å²) in [5.41, 5.74) is 6.09. The third-order valence-corrected chi connectivity index (χ3v) is 4.69. The molecule has 1 amide bonds. The van der Waals surface area contributed by atoms with Crippen molar-refractivity contribution in [3.8, 4) is 0 Å². The van der Waals surface area contributed by atoms with Crippen LogP contribution in [0.4, 0.5) is 0 Å². The SMILES string of the molecule is NC(=O)C1(CC(CCc2ccccc2)C(=O)O)CCCC1. The Hall–Kier alpha value is -1.84. The first-order valence-corrected chi connectivity index (χ1v) is 7.60. The van der Waals surface area contributed by atoms with Gasteiger partial charge in [0.25, 0.3) is 0 Å². The normalized spacial score (nSPS) is 18.3. The molecule has 21 heavy (non-hydrogen) atoms. The van der Waals surface area contributed by atoms with E-state index in [9.17, 15) is 14.7 Å². The second kappa shape index (κ2) is 6.74. The molecule has 0 spiro atoms. The third-order valence-electron chi connectivity index (χ3n) is 4.69. The van der Waals surface area contributed by atoms with E-state index in [1.165, 1.54) is 0 Å². The number of carboxylic acid groups (broad SMARTS) is 1. The van der Waals surface area contributed by atoms with Crippen LogP contribution in [0.2, 0.25) is 0 Å². The lowest BCUT2D eigenvalue weighted by Gasteiger charge is -2.28. The maximum atomic E-state index is 11.8. The third kappa shape index (κ3) is 3.84. The topological polar surface area (TPSA) is 80.4 Å². The van der Waals surface area contributed by atoms with Crippen molar-refractivity contribution in [1.29, 1.82) is 0 Å². The number of hydrogen-bond acceptors (Lipinski definition) is 2. The average molecular weight is 289 g/mol. The zero-order valence-corrected chi connectivity index (χ0v) is 12.3. The maximum Gasteiger partial charge on any atom is 0.306 e. The van der Waals surface area contributed by atoms with Crippen LogP contribution < -0.4 is 5.73 Å². The number of primary amides is 1. The summed E-state index contributed by atoms with van der Waals surface area (Å²) in [4.78, 5) is 23.3. The van der Waals surface area contributed by atoms with Crippen LogP contribution in [0.15, 0.2) is 30.3 Å². The lowest BCUT2D eigenvalue weighted by Crippen LogP contribution is -2.38. The average Bonchev–Trinajstić information content (AvgIpc) is 2.94. The van der Waals surface area contributed by atoms with Crippen molar-refractivity contribution in [3.05, 3.63) is 35.9 Å². The van der Waals surface area contributed by atoms with E-state index < -0.39 is 17.3 Å². The lowest BCUT2D eigenvalue weighted by atomic mass is 9.75. The molecule has 0 bridgehead atoms. The lowest BCUT2D eigenvalue weighted by molar-refractivity contribution is -0.144. The van der Waals surface area contributed by atoms with Crippen LogP contribution in [0.5, 0.6) is 0 Å². The number of hydrogen-bond donors (Lipinski definition) is 2. The van der Waals surface area contributed by atoms with Crippen molar-refractivity contribution in [2.75, 3.05) is 0 Å². The summed E-state index contributed by atoms with van der Waals surface area (Å²) in [6.45, 7) is 0. The van der Waals surface area contributed by atoms with Gasteiger partial charge in [0.05, 0.1) is 5.92 Å². The quantitative estimate of drug-likeness (QED) is 0.810. The number of amides is 1. The van der Waals surface area contributed by atoms with Gasteiger partial charge in [0.1, 0.15) is 0 Å². The highest BCUT2D eigenvalue weighted by Gasteiger charge is 2.42. The number of nitrogens with two attached hydrogens (primary N) is 1. The van der Waals surface area contributed by atoms with Gasteiger partial charge in [-0.2, -0.15) is 0 Å². The molecule has 1 aliphatic carbocycles. The second-order valence-electron chi connectivity index (χ2n) is 6.12. The van der Waals surface area contributed by atoms with Crippen LogP contribution in [-0.4, -0.2) is 17.0 Å². The Balaban J connectivity index is 2.02. The highest BCUT2D eigenvalue weighted by atomic mass is 16.4. The van der Waals surface area contributed by atoms with Crippen molar-refractivity contribution in [2.24, 2.45) is 17.1 Å². The molecule has 0 heterocycles. The maximum absolute atomic E-state index is 11.8. The number of benzene rings is 1. The summed E-state index contributed by atoms with van der Waals surface area (Å²) in [6.07, 6.45) is 5.04. The van der Waals surface area contributed by atoms with Gasteiger partial charge in [-0.15, -0.1) is 0 Å². The molecular weight excluding hydrogens is 266 g/mol. The Bertz CT molecular complexity index is 492. The summed E-state index contributed by atoms with van der Waals surface area (Å²) in [5.74, 6) is -1.65. The first-order valence-electron chi connectivity index (χ1n) is 7.60. The van der Waals surface area contributed by atoms with Gasteiger partial charge >= 0.3 is 5.97 Å². The van der Waals surface area contributed by atoms with Crippen molar-refractivity contribution < 1.29 is 14.7 Å². The molecule has 0 saturated heterocycles. The van der Waals surface area contributed by atoms with Crippen LogP contribution in [-0.2, 0) is 16.0 Å². The molecule has 4 nitrogen and oxygen atoms in total. The molecule has 1 aromatic carbocycles. The summed E-state index contributed by atoms with van der Waals surface area (Å²) < 4.78 is 0. The largest absolute Gasteiger partial charge is 0.481 e. The van der Waals surface area contributed by atoms with Crippen LogP contribution in [0, 0.1) is 11.3 Å². The highest BCUT2D eigenvalue weighted by Crippen LogP contribution is 2.43. The Morgan fingerprint density at radius 2 is 1.81 bits per heavy atom. The minimum absolute atomic E-state index is 0.328. The number of aliphatic carboxylic acids is 1. The molecule has 114 valence electrons. The summed E-state index contributed by atoms with van der Waals surface area (Å²) in [7, 11) is 0. The first kappa shape index (κ1) is 15.5. The molecule has 1 aromatic rings. The van der Waals surface area contributed by atoms with E-state index in [4.69, 9.17) is 5.73 Å². The molecule has 0 aromatic heterocycles. The fourth-order valence-electron chi connectivity index (χ4n) is 3.37. The minimum atomic E-state index is -0.821. The van der Waals surface area contributed by atoms with Crippen LogP contribution in [0.25, 0.3) is 0 Å². The minimum Gasteiger partial charge on any atom is -0.481 e. The van der Waals surface area contributed by atoms with Gasteiger partial charge in [0, 0.05) is 5.41 Å². The summed E-state index contributed by atoms with van der Waals surface area (Å²) >= 11 is 0. The van der Waals surface area contributed by atoms with Gasteiger partial charge in [-0.1, -0.05) is 43.2 Å². The molecule has 4 heteroatoms. The van der Waals surface area contributed by atoms with Gasteiger partial charge in [0.2, 0.25) is 5.91 Å². The fraction of sp³-hybridized carbons (Fsp3) is 0.529. The molecule has 0 radical (unpaired) electrons. The zero-order valence-electron chi connectivity index (χ0n) is 12.3. The molecular formula is C17H23NO3. The zero-order chi connectivity index (χ0) is 15.3. The Labute approximate surface area is 125 Å². The van der Waals surface area contributed by atoms with Crippen molar-refractivity contribution >= 4 is 11.9 Å². The van der Waals surface area contributed by atoms with E-state index in [2.05, 4.69) is 0 Å². The predicted octanol–water partition coefficient (Wildman–Crippen LogP) is 2.76. The molecule has 1 aliphatic rings. The number of carbonyl (C=O) groups is 2. The van der Waals surface area contributed by atoms with Gasteiger partial charge < -0.3 is 10.8 Å². The molecule has 2 rings (SSSR count). The van der Waals surface area contributed by atoms with E-state index >= 15 is 0 Å². The van der Waals surface area contributed by atoms with Crippen LogP contribution in [0.3, 0.4) is 0 Å². The van der Waals surface area contributed by atoms with Crippen LogP contribution >= 0.6 is 0 Å². The molecule has 1 fully saturated rings. The second-order valence-corrected chi connectivity index (χ2v) is 6.12. The number of carbonyl (C=O) groups excluding carboxylic acids is 1. The van der Waals surface area contributed by atoms with E-state index in [1.807, 2.05) is 30.3 Å². The van der Waals surface area contributed by atoms with E-state index in [0.29, 0.717) is 19.3 Å². The van der Waals surface area contributed by atoms with Crippen molar-refractivity contribution in [1.82, 2.24) is 0 Å². The predicted molar refractivity (Wildman–Crippen MR) is 80.6 cm³/mol. The molecule has 1 saturated carbocycles. The standard InChI is InChI=1S/C17H23NO3/c18-16(21)17(10-4-5-11-17)12-14(15(19)20)9-8-13-6-2-1-3-7-13/h1-3,6-7,14H,4-5,8-12H2,(H2,18,21)(H,19,20). The van der Waals surface area contributed by atoms with Gasteiger partial charge in [-0.25, -0.2) is 0 Å². The van der Waals surface area contributed by atoms with Gasteiger partial charge in [0.15, 0.2) is 0 Å². The Kier molecular flexibility index (Phi) is 4.99. The smallest absolute Gasteiger partial charge is 0.306 e. The number of aryl methyl sites for hydroxylation is 1. The fourth-order valence-corrected chi connectivity index (χ4v) is 3.37. The van der Waals surface area contributed by atoms with E-state index in [-0.39, 0.29) is 5.91 Å². The molecule has 3 N–H and O–H groups in total. The highest BCUT2D eigenvalue weighted by molar-refractivity contribution is 5.82. The van der Waals surface area contributed by atoms with Gasteiger partial charge in [-0.3, -0.25) is 9.59 Å². The van der Waals surface area contributed by atoms with Crippen molar-refractivity contribution in [3.63, 3.8) is 0 Å². The van der Waals surface area contributed by atoms with Crippen molar-refractivity contribution in [2.45, 2.75) is 44.9 Å². The number of rotatable bonds is 7. The Morgan fingerprint density at radius 1 is 1.19 bits per heavy atom. The molecule has 1 unspecified atom stereocenters. The van der Waals surface area contributed by atoms with E-state index in [0.717, 1.165) is 31.2 Å². The summed E-state index contributed by atoms with van der Waals surface area (Å²) in [5, 5.41) is 9.46. The monoisotopic (exact) mass is 289 g/mol. The first-order chi connectivity index (χ1) is 10.0. The summed E-state index contributed by atoms with van der Waals surface area (Å²) in [6, 6.07) is 9.84.